The number of nitrogens with one attached hydrogen (secondary N) is 2. The molecule has 3 aromatic heterocycles. The number of nitrogens with zero attached hydrogens (tertiary/aromatic N) is 7. The van der Waals surface area contributed by atoms with Gasteiger partial charge in [-0.1, -0.05) is 0 Å². The number of hydrogen-bond acceptors (Lipinski definition) is 10. The minimum Gasteiger partial charge on any atom is -0.489 e. The minimum absolute atomic E-state index is 0.114. The van der Waals surface area contributed by atoms with Crippen LogP contribution in [0.1, 0.15) is 36.7 Å². The van der Waals surface area contributed by atoms with E-state index in [9.17, 15) is 4.79 Å². The van der Waals surface area contributed by atoms with Crippen LogP contribution in [0.2, 0.25) is 0 Å². The van der Waals surface area contributed by atoms with E-state index in [1.807, 2.05) is 57.5 Å². The number of likely N-dealkylation sites (tertiary alicyclic amines) is 1. The van der Waals surface area contributed by atoms with E-state index in [1.54, 1.807) is 10.8 Å². The van der Waals surface area contributed by atoms with Crippen molar-refractivity contribution in [3.63, 3.8) is 0 Å². The number of fused-ring (bicyclic) bond motifs is 1. The van der Waals surface area contributed by atoms with Crippen LogP contribution in [0.15, 0.2) is 47.5 Å². The summed E-state index contributed by atoms with van der Waals surface area (Å²) in [5, 5.41) is 7.52. The molecule has 0 saturated carbocycles. The van der Waals surface area contributed by atoms with Crippen molar-refractivity contribution in [1.29, 1.82) is 0 Å². The fourth-order valence-electron chi connectivity index (χ4n) is 5.63. The van der Waals surface area contributed by atoms with Crippen molar-refractivity contribution in [1.82, 2.24) is 39.6 Å². The normalized spacial score (nSPS) is 19.2. The van der Waals surface area contributed by atoms with Gasteiger partial charge in [-0.2, -0.15) is 4.98 Å². The Balaban J connectivity index is 1.31. The monoisotopic (exact) mass is 569 g/mol. The number of hydrogen-bond donors (Lipinski definition) is 2. The molecule has 11 nitrogen and oxygen atoms in total. The van der Waals surface area contributed by atoms with Crippen LogP contribution < -0.4 is 20.9 Å². The molecule has 220 valence electrons. The molecule has 2 aliphatic rings. The minimum atomic E-state index is -0.125. The zero-order chi connectivity index (χ0) is 29.2. The van der Waals surface area contributed by atoms with E-state index in [1.165, 1.54) is 0 Å². The second kappa shape index (κ2) is 12.1. The van der Waals surface area contributed by atoms with E-state index in [4.69, 9.17) is 14.7 Å². The maximum atomic E-state index is 14.0. The van der Waals surface area contributed by atoms with E-state index >= 15 is 0 Å². The summed E-state index contributed by atoms with van der Waals surface area (Å²) in [6.45, 7) is 6.06. The summed E-state index contributed by atoms with van der Waals surface area (Å²) in [6, 6.07) is 9.81. The second-order valence-electron chi connectivity index (χ2n) is 11.6. The Morgan fingerprint density at radius 2 is 1.95 bits per heavy atom. The number of aryl methyl sites for hydroxylation is 1. The van der Waals surface area contributed by atoms with Gasteiger partial charge in [-0.15, -0.1) is 0 Å². The Morgan fingerprint density at radius 3 is 2.67 bits per heavy atom. The average Bonchev–Trinajstić information content (AvgIpc) is 3.66. The third-order valence-electron chi connectivity index (χ3n) is 7.98. The smallest absolute Gasteiger partial charge is 0.261 e. The molecule has 0 amide bonds. The summed E-state index contributed by atoms with van der Waals surface area (Å²) in [5.74, 6) is 2.00. The van der Waals surface area contributed by atoms with Crippen LogP contribution in [0, 0.1) is 6.92 Å². The molecular formula is C31H39N9O2. The molecule has 0 aliphatic carbocycles. The van der Waals surface area contributed by atoms with Crippen LogP contribution in [0.5, 0.6) is 5.75 Å². The van der Waals surface area contributed by atoms with Crippen LogP contribution in [0.3, 0.4) is 0 Å². The largest absolute Gasteiger partial charge is 0.489 e. The highest BCUT2D eigenvalue weighted by atomic mass is 16.5. The lowest BCUT2D eigenvalue weighted by Gasteiger charge is -2.17. The fraction of sp³-hybridized carbons (Fsp3) is 0.452. The molecule has 1 aromatic carbocycles. The number of likely N-dealkylation sites (N-methyl/N-ethyl adjacent to an activating group) is 2. The summed E-state index contributed by atoms with van der Waals surface area (Å²) < 4.78 is 7.86. The Labute approximate surface area is 246 Å². The van der Waals surface area contributed by atoms with Crippen LogP contribution >= 0.6 is 0 Å². The summed E-state index contributed by atoms with van der Waals surface area (Å²) in [7, 11) is 6.10. The van der Waals surface area contributed by atoms with E-state index in [-0.39, 0.29) is 17.7 Å². The molecule has 2 fully saturated rings. The molecule has 2 saturated heterocycles. The molecule has 42 heavy (non-hydrogen) atoms. The van der Waals surface area contributed by atoms with Gasteiger partial charge < -0.3 is 25.2 Å². The Hall–Kier alpha value is -3.93. The van der Waals surface area contributed by atoms with E-state index in [0.29, 0.717) is 35.9 Å². The van der Waals surface area contributed by atoms with Crippen molar-refractivity contribution in [3.05, 3.63) is 64.5 Å². The SMILES string of the molecule is Cc1cnc(C2CCCN2)nc1-c1cc2cnc(Nc3ccc(OC4CCN(C)C4)cc3)nc2n(CCN(C)C)c1=O. The van der Waals surface area contributed by atoms with Crippen molar-refractivity contribution in [3.8, 4) is 17.0 Å². The number of aromatic nitrogens is 5. The van der Waals surface area contributed by atoms with Crippen molar-refractivity contribution >= 4 is 22.7 Å². The first-order valence-electron chi connectivity index (χ1n) is 14.7. The number of ether oxygens (including phenoxy) is 1. The summed E-state index contributed by atoms with van der Waals surface area (Å²) in [4.78, 5) is 37.2. The van der Waals surface area contributed by atoms with Crippen molar-refractivity contribution in [2.45, 2.75) is 44.9 Å². The van der Waals surface area contributed by atoms with Crippen LogP contribution in [-0.4, -0.2) is 87.7 Å². The highest BCUT2D eigenvalue weighted by Gasteiger charge is 2.23. The van der Waals surface area contributed by atoms with Gasteiger partial charge in [0.15, 0.2) is 0 Å². The molecule has 2 atom stereocenters. The van der Waals surface area contributed by atoms with Gasteiger partial charge in [0.1, 0.15) is 23.3 Å². The quantitative estimate of drug-likeness (QED) is 0.311. The van der Waals surface area contributed by atoms with Gasteiger partial charge in [-0.3, -0.25) is 9.36 Å². The summed E-state index contributed by atoms with van der Waals surface area (Å²) in [5.41, 5.74) is 3.35. The number of anilines is 2. The van der Waals surface area contributed by atoms with Crippen LogP contribution in [-0.2, 0) is 6.54 Å². The van der Waals surface area contributed by atoms with E-state index in [2.05, 4.69) is 37.4 Å². The zero-order valence-electron chi connectivity index (χ0n) is 24.8. The third kappa shape index (κ3) is 6.13. The van der Waals surface area contributed by atoms with Gasteiger partial charge in [0.2, 0.25) is 5.95 Å². The molecule has 0 bridgehead atoms. The Morgan fingerprint density at radius 1 is 1.12 bits per heavy atom. The molecule has 0 spiro atoms. The molecule has 6 rings (SSSR count). The van der Waals surface area contributed by atoms with E-state index < -0.39 is 0 Å². The molecule has 5 heterocycles. The highest BCUT2D eigenvalue weighted by Crippen LogP contribution is 2.27. The van der Waals surface area contributed by atoms with E-state index in [0.717, 1.165) is 67.1 Å². The van der Waals surface area contributed by atoms with Crippen LogP contribution in [0.4, 0.5) is 11.6 Å². The predicted molar refractivity (Wildman–Crippen MR) is 164 cm³/mol. The van der Waals surface area contributed by atoms with Gasteiger partial charge in [0.05, 0.1) is 17.3 Å². The first-order valence-corrected chi connectivity index (χ1v) is 14.7. The topological polar surface area (TPSA) is 113 Å². The lowest BCUT2D eigenvalue weighted by atomic mass is 10.1. The van der Waals surface area contributed by atoms with Gasteiger partial charge in [0, 0.05) is 49.6 Å². The van der Waals surface area contributed by atoms with Gasteiger partial charge in [-0.25, -0.2) is 15.0 Å². The number of benzene rings is 1. The van der Waals surface area contributed by atoms with Crippen LogP contribution in [0.25, 0.3) is 22.3 Å². The van der Waals surface area contributed by atoms with Crippen molar-refractivity contribution in [2.24, 2.45) is 0 Å². The second-order valence-corrected chi connectivity index (χ2v) is 11.6. The molecule has 2 aliphatic heterocycles. The third-order valence-corrected chi connectivity index (χ3v) is 7.98. The van der Waals surface area contributed by atoms with Gasteiger partial charge in [0.25, 0.3) is 5.56 Å². The fourth-order valence-corrected chi connectivity index (χ4v) is 5.63. The Bertz CT molecular complexity index is 1610. The molecular weight excluding hydrogens is 530 g/mol. The first kappa shape index (κ1) is 28.2. The first-order chi connectivity index (χ1) is 20.3. The maximum Gasteiger partial charge on any atom is 0.261 e. The summed E-state index contributed by atoms with van der Waals surface area (Å²) >= 11 is 0. The van der Waals surface area contributed by atoms with Crippen molar-refractivity contribution < 1.29 is 4.74 Å². The molecule has 2 unspecified atom stereocenters. The molecule has 4 aromatic rings. The average molecular weight is 570 g/mol. The maximum absolute atomic E-state index is 14.0. The molecule has 2 N–H and O–H groups in total. The number of rotatable bonds is 9. The van der Waals surface area contributed by atoms with Gasteiger partial charge >= 0.3 is 0 Å². The molecule has 0 radical (unpaired) electrons. The van der Waals surface area contributed by atoms with Crippen molar-refractivity contribution in [2.75, 3.05) is 52.6 Å². The predicted octanol–water partition coefficient (Wildman–Crippen LogP) is 3.37. The summed E-state index contributed by atoms with van der Waals surface area (Å²) in [6.07, 6.45) is 6.92. The Kier molecular flexibility index (Phi) is 8.14. The standard InChI is InChI=1S/C31H39N9O2/c1-20-17-33-28(26-6-5-12-32-26)36-27(20)25-16-21-18-34-31(37-29(21)40(30(25)41)15-14-38(2)3)35-22-7-9-23(10-8-22)42-24-11-13-39(4)19-24/h7-10,16-18,24,26,32H,5-6,11-15,19H2,1-4H3,(H,34,35,37). The number of pyridine rings is 1. The lowest BCUT2D eigenvalue weighted by Crippen LogP contribution is -2.29. The molecule has 11 heteroatoms. The zero-order valence-corrected chi connectivity index (χ0v) is 24.8. The highest BCUT2D eigenvalue weighted by molar-refractivity contribution is 5.81. The lowest BCUT2D eigenvalue weighted by molar-refractivity contribution is 0.208. The van der Waals surface area contributed by atoms with Gasteiger partial charge in [-0.05, 0) is 89.8 Å².